The molecule has 1 atom stereocenters. The molecule has 0 radical (unpaired) electrons. The van der Waals surface area contributed by atoms with Crippen LogP contribution in [0.2, 0.25) is 0 Å². The molecule has 0 aromatic heterocycles. The summed E-state index contributed by atoms with van der Waals surface area (Å²) in [7, 11) is 0.321. The Morgan fingerprint density at radius 3 is 2.68 bits per heavy atom. The molecule has 0 N–H and O–H groups in total. The number of nitrogens with zero attached hydrogens (tertiary/aromatic N) is 2. The van der Waals surface area contributed by atoms with Crippen molar-refractivity contribution in [2.24, 2.45) is 11.8 Å². The molecule has 0 bridgehead atoms. The normalized spacial score (nSPS) is 21.7. The third-order valence-electron chi connectivity index (χ3n) is 3.52. The second-order valence-corrected chi connectivity index (χ2v) is 8.02. The molecular weight excluding hydrogens is 264 g/mol. The third-order valence-corrected chi connectivity index (χ3v) is 5.70. The van der Waals surface area contributed by atoms with Crippen LogP contribution in [0.1, 0.15) is 20.3 Å². The van der Waals surface area contributed by atoms with Gasteiger partial charge in [0.1, 0.15) is 0 Å². The maximum atomic E-state index is 12.1. The summed E-state index contributed by atoms with van der Waals surface area (Å²) >= 11 is 0. The molecule has 19 heavy (non-hydrogen) atoms. The standard InChI is InChI=1S/C13H28N2O3S/c1-12(2)11-19(16,17)14(3)9-13-5-6-15(10-13)7-8-18-4/h12-13H,5-11H2,1-4H3. The Hall–Kier alpha value is -0.170. The first-order valence-electron chi connectivity index (χ1n) is 7.00. The molecule has 1 saturated heterocycles. The van der Waals surface area contributed by atoms with E-state index < -0.39 is 10.0 Å². The van der Waals surface area contributed by atoms with E-state index in [2.05, 4.69) is 4.90 Å². The summed E-state index contributed by atoms with van der Waals surface area (Å²) in [4.78, 5) is 2.34. The maximum Gasteiger partial charge on any atom is 0.214 e. The number of methoxy groups -OCH3 is 1. The summed E-state index contributed by atoms with van der Waals surface area (Å²) in [5, 5.41) is 0. The SMILES string of the molecule is COCCN1CCC(CN(C)S(=O)(=O)CC(C)C)C1. The minimum atomic E-state index is -3.09. The average Bonchev–Trinajstić information content (AvgIpc) is 2.72. The summed E-state index contributed by atoms with van der Waals surface area (Å²) in [5.41, 5.74) is 0. The number of ether oxygens (including phenoxy) is 1. The summed E-state index contributed by atoms with van der Waals surface area (Å²) in [5.74, 6) is 0.863. The van der Waals surface area contributed by atoms with Crippen molar-refractivity contribution < 1.29 is 13.2 Å². The number of sulfonamides is 1. The molecule has 114 valence electrons. The predicted molar refractivity (Wildman–Crippen MR) is 77.7 cm³/mol. The van der Waals surface area contributed by atoms with Crippen LogP contribution in [-0.2, 0) is 14.8 Å². The van der Waals surface area contributed by atoms with E-state index in [9.17, 15) is 8.42 Å². The third kappa shape index (κ3) is 5.77. The van der Waals surface area contributed by atoms with E-state index in [1.54, 1.807) is 14.2 Å². The molecule has 0 aromatic carbocycles. The zero-order chi connectivity index (χ0) is 14.5. The maximum absolute atomic E-state index is 12.1. The van der Waals surface area contributed by atoms with Crippen molar-refractivity contribution in [2.45, 2.75) is 20.3 Å². The molecule has 5 nitrogen and oxygen atoms in total. The van der Waals surface area contributed by atoms with Crippen molar-refractivity contribution in [3.05, 3.63) is 0 Å². The smallest absolute Gasteiger partial charge is 0.214 e. The van der Waals surface area contributed by atoms with Crippen LogP contribution in [0.25, 0.3) is 0 Å². The Kier molecular flexibility index (Phi) is 6.73. The lowest BCUT2D eigenvalue weighted by Crippen LogP contribution is -2.36. The molecule has 1 fully saturated rings. The van der Waals surface area contributed by atoms with E-state index in [0.29, 0.717) is 12.5 Å². The van der Waals surface area contributed by atoms with Crippen molar-refractivity contribution in [3.8, 4) is 0 Å². The van der Waals surface area contributed by atoms with Crippen LogP contribution < -0.4 is 0 Å². The van der Waals surface area contributed by atoms with Crippen LogP contribution in [0, 0.1) is 11.8 Å². The van der Waals surface area contributed by atoms with Crippen molar-refractivity contribution in [1.29, 1.82) is 0 Å². The number of likely N-dealkylation sites (tertiary alicyclic amines) is 1. The van der Waals surface area contributed by atoms with Gasteiger partial charge in [-0.05, 0) is 24.8 Å². The molecule has 0 aromatic rings. The minimum absolute atomic E-state index is 0.175. The highest BCUT2D eigenvalue weighted by molar-refractivity contribution is 7.89. The fourth-order valence-electron chi connectivity index (χ4n) is 2.51. The zero-order valence-electron chi connectivity index (χ0n) is 12.6. The number of rotatable bonds is 8. The average molecular weight is 292 g/mol. The van der Waals surface area contributed by atoms with Gasteiger partial charge in [0.05, 0.1) is 12.4 Å². The highest BCUT2D eigenvalue weighted by Crippen LogP contribution is 2.18. The Bertz CT molecular complexity index is 357. The molecule has 0 amide bonds. The van der Waals surface area contributed by atoms with E-state index in [4.69, 9.17) is 4.74 Å². The van der Waals surface area contributed by atoms with Gasteiger partial charge in [-0.1, -0.05) is 13.8 Å². The molecule has 6 heteroatoms. The Labute approximate surface area is 118 Å². The van der Waals surface area contributed by atoms with Crippen LogP contribution in [0.4, 0.5) is 0 Å². The minimum Gasteiger partial charge on any atom is -0.383 e. The van der Waals surface area contributed by atoms with Gasteiger partial charge in [-0.25, -0.2) is 12.7 Å². The molecule has 1 unspecified atom stereocenters. The molecule has 1 heterocycles. The summed E-state index contributed by atoms with van der Waals surface area (Å²) in [6.45, 7) is 8.22. The molecule has 1 aliphatic rings. The first-order chi connectivity index (χ1) is 8.85. The van der Waals surface area contributed by atoms with Gasteiger partial charge in [0.15, 0.2) is 0 Å². The predicted octanol–water partition coefficient (Wildman–Crippen LogP) is 0.872. The molecule has 1 rings (SSSR count). The van der Waals surface area contributed by atoms with Gasteiger partial charge in [-0.3, -0.25) is 0 Å². The van der Waals surface area contributed by atoms with Gasteiger partial charge < -0.3 is 9.64 Å². The molecule has 0 saturated carbocycles. The van der Waals surface area contributed by atoms with Gasteiger partial charge in [-0.15, -0.1) is 0 Å². The van der Waals surface area contributed by atoms with E-state index >= 15 is 0 Å². The van der Waals surface area contributed by atoms with E-state index in [1.165, 1.54) is 4.31 Å². The lowest BCUT2D eigenvalue weighted by atomic mass is 10.1. The first kappa shape index (κ1) is 16.9. The summed E-state index contributed by atoms with van der Waals surface area (Å²) in [6.07, 6.45) is 1.07. The number of hydrogen-bond acceptors (Lipinski definition) is 4. The van der Waals surface area contributed by atoms with Crippen LogP contribution in [0.3, 0.4) is 0 Å². The van der Waals surface area contributed by atoms with Crippen molar-refractivity contribution in [2.75, 3.05) is 52.7 Å². The van der Waals surface area contributed by atoms with Crippen molar-refractivity contribution in [1.82, 2.24) is 9.21 Å². The largest absolute Gasteiger partial charge is 0.383 e. The van der Waals surface area contributed by atoms with E-state index in [1.807, 2.05) is 13.8 Å². The Morgan fingerprint density at radius 1 is 1.42 bits per heavy atom. The van der Waals surface area contributed by atoms with Gasteiger partial charge in [0, 0.05) is 33.8 Å². The van der Waals surface area contributed by atoms with Crippen LogP contribution in [0.5, 0.6) is 0 Å². The van der Waals surface area contributed by atoms with E-state index in [0.717, 1.165) is 32.7 Å². The number of hydrogen-bond donors (Lipinski definition) is 0. The first-order valence-corrected chi connectivity index (χ1v) is 8.61. The summed E-state index contributed by atoms with van der Waals surface area (Å²) < 4.78 is 30.8. The molecule has 0 aliphatic carbocycles. The van der Waals surface area contributed by atoms with Crippen molar-refractivity contribution >= 4 is 10.0 Å². The van der Waals surface area contributed by atoms with Gasteiger partial charge in [0.2, 0.25) is 10.0 Å². The molecule has 0 spiro atoms. The zero-order valence-corrected chi connectivity index (χ0v) is 13.4. The quantitative estimate of drug-likeness (QED) is 0.666. The van der Waals surface area contributed by atoms with Gasteiger partial charge >= 0.3 is 0 Å². The van der Waals surface area contributed by atoms with Gasteiger partial charge in [-0.2, -0.15) is 0 Å². The highest BCUT2D eigenvalue weighted by Gasteiger charge is 2.27. The van der Waals surface area contributed by atoms with Gasteiger partial charge in [0.25, 0.3) is 0 Å². The van der Waals surface area contributed by atoms with Crippen LogP contribution in [0.15, 0.2) is 0 Å². The fraction of sp³-hybridized carbons (Fsp3) is 1.00. The lowest BCUT2D eigenvalue weighted by molar-refractivity contribution is 0.158. The highest BCUT2D eigenvalue weighted by atomic mass is 32.2. The van der Waals surface area contributed by atoms with E-state index in [-0.39, 0.29) is 11.7 Å². The second kappa shape index (κ2) is 7.57. The molecular formula is C13H28N2O3S. The van der Waals surface area contributed by atoms with Crippen molar-refractivity contribution in [3.63, 3.8) is 0 Å². The fourth-order valence-corrected chi connectivity index (χ4v) is 4.05. The van der Waals surface area contributed by atoms with Crippen LogP contribution >= 0.6 is 0 Å². The molecule has 1 aliphatic heterocycles. The topological polar surface area (TPSA) is 49.9 Å². The van der Waals surface area contributed by atoms with Crippen LogP contribution in [-0.4, -0.2) is 70.3 Å². The Balaban J connectivity index is 2.39. The lowest BCUT2D eigenvalue weighted by Gasteiger charge is -2.22. The Morgan fingerprint density at radius 2 is 2.11 bits per heavy atom. The second-order valence-electron chi connectivity index (χ2n) is 5.90. The summed E-state index contributed by atoms with van der Waals surface area (Å²) in [6, 6.07) is 0. The monoisotopic (exact) mass is 292 g/mol.